The Labute approximate surface area is 74.1 Å². The fourth-order valence-corrected chi connectivity index (χ4v) is 3.16. The van der Waals surface area contributed by atoms with Crippen LogP contribution in [0.15, 0.2) is 0 Å². The first-order valence-electron chi connectivity index (χ1n) is 5.14. The van der Waals surface area contributed by atoms with Crippen molar-refractivity contribution in [3.63, 3.8) is 0 Å². The van der Waals surface area contributed by atoms with E-state index in [1.54, 1.807) is 0 Å². The van der Waals surface area contributed by atoms with Crippen LogP contribution in [0.4, 0.5) is 0 Å². The number of aliphatic hydroxyl groups excluding tert-OH is 1. The van der Waals surface area contributed by atoms with Crippen molar-refractivity contribution in [3.05, 3.63) is 0 Å². The molecule has 12 heavy (non-hydrogen) atoms. The predicted molar refractivity (Wildman–Crippen MR) is 48.7 cm³/mol. The van der Waals surface area contributed by atoms with Gasteiger partial charge in [0, 0.05) is 12.1 Å². The van der Waals surface area contributed by atoms with Gasteiger partial charge in [0.2, 0.25) is 0 Å². The molecule has 0 aliphatic heterocycles. The predicted octanol–water partition coefficient (Wildman–Crippen LogP) is 1.28. The van der Waals surface area contributed by atoms with E-state index in [1.807, 2.05) is 0 Å². The SMILES string of the molecule is NC1(CCO)CC2CCC1CC2. The van der Waals surface area contributed by atoms with Crippen LogP contribution in [0, 0.1) is 11.8 Å². The van der Waals surface area contributed by atoms with Crippen LogP contribution in [0.2, 0.25) is 0 Å². The molecule has 1 atom stereocenters. The van der Waals surface area contributed by atoms with Gasteiger partial charge in [-0.2, -0.15) is 0 Å². The lowest BCUT2D eigenvalue weighted by Crippen LogP contribution is -2.54. The quantitative estimate of drug-likeness (QED) is 0.654. The molecule has 3 rings (SSSR count). The fraction of sp³-hybridized carbons (Fsp3) is 1.00. The Bertz CT molecular complexity index is 163. The monoisotopic (exact) mass is 169 g/mol. The molecule has 3 fully saturated rings. The molecule has 0 saturated heterocycles. The maximum atomic E-state index is 8.93. The van der Waals surface area contributed by atoms with Crippen molar-refractivity contribution < 1.29 is 5.11 Å². The molecule has 0 heterocycles. The van der Waals surface area contributed by atoms with E-state index in [-0.39, 0.29) is 12.1 Å². The van der Waals surface area contributed by atoms with Crippen LogP contribution < -0.4 is 5.73 Å². The molecule has 2 nitrogen and oxygen atoms in total. The highest BCUT2D eigenvalue weighted by atomic mass is 16.3. The highest BCUT2D eigenvalue weighted by Crippen LogP contribution is 2.47. The summed E-state index contributed by atoms with van der Waals surface area (Å²) in [6, 6.07) is 0. The summed E-state index contributed by atoms with van der Waals surface area (Å²) in [6.45, 7) is 0.264. The Morgan fingerprint density at radius 3 is 2.33 bits per heavy atom. The van der Waals surface area contributed by atoms with E-state index in [4.69, 9.17) is 10.8 Å². The third-order valence-electron chi connectivity index (χ3n) is 3.91. The maximum absolute atomic E-state index is 8.93. The van der Waals surface area contributed by atoms with Crippen molar-refractivity contribution in [2.45, 2.75) is 44.1 Å². The minimum Gasteiger partial charge on any atom is -0.396 e. The first-order chi connectivity index (χ1) is 5.74. The van der Waals surface area contributed by atoms with Crippen molar-refractivity contribution in [1.29, 1.82) is 0 Å². The second-order valence-electron chi connectivity index (χ2n) is 4.63. The number of hydrogen-bond acceptors (Lipinski definition) is 2. The normalized spacial score (nSPS) is 46.5. The highest BCUT2D eigenvalue weighted by molar-refractivity contribution is 5.00. The Kier molecular flexibility index (Phi) is 2.13. The summed E-state index contributed by atoms with van der Waals surface area (Å²) in [5.74, 6) is 1.57. The molecule has 0 aromatic heterocycles. The van der Waals surface area contributed by atoms with Gasteiger partial charge in [-0.1, -0.05) is 12.8 Å². The molecule has 3 saturated carbocycles. The molecule has 3 aliphatic carbocycles. The largest absolute Gasteiger partial charge is 0.396 e. The zero-order valence-corrected chi connectivity index (χ0v) is 7.63. The fourth-order valence-electron chi connectivity index (χ4n) is 3.16. The Hall–Kier alpha value is -0.0800. The molecule has 0 radical (unpaired) electrons. The number of nitrogens with two attached hydrogens (primary N) is 1. The number of fused-ring (bicyclic) bond motifs is 3. The summed E-state index contributed by atoms with van der Waals surface area (Å²) >= 11 is 0. The van der Waals surface area contributed by atoms with Crippen molar-refractivity contribution >= 4 is 0 Å². The van der Waals surface area contributed by atoms with E-state index in [0.29, 0.717) is 5.92 Å². The van der Waals surface area contributed by atoms with Crippen molar-refractivity contribution in [2.75, 3.05) is 6.61 Å². The minimum absolute atomic E-state index is 0.00405. The van der Waals surface area contributed by atoms with Crippen LogP contribution in [0.3, 0.4) is 0 Å². The number of hydrogen-bond donors (Lipinski definition) is 2. The van der Waals surface area contributed by atoms with Gasteiger partial charge >= 0.3 is 0 Å². The molecule has 0 amide bonds. The van der Waals surface area contributed by atoms with E-state index in [9.17, 15) is 0 Å². The van der Waals surface area contributed by atoms with Crippen LogP contribution in [-0.2, 0) is 0 Å². The maximum Gasteiger partial charge on any atom is 0.0448 e. The van der Waals surface area contributed by atoms with Crippen molar-refractivity contribution in [3.8, 4) is 0 Å². The van der Waals surface area contributed by atoms with Gasteiger partial charge in [0.15, 0.2) is 0 Å². The minimum atomic E-state index is -0.00405. The average molecular weight is 169 g/mol. The number of aliphatic hydroxyl groups is 1. The van der Waals surface area contributed by atoms with Gasteiger partial charge in [0.05, 0.1) is 0 Å². The zero-order chi connectivity index (χ0) is 8.60. The second kappa shape index (κ2) is 3.00. The highest BCUT2D eigenvalue weighted by Gasteiger charge is 2.43. The molecule has 2 heteroatoms. The first kappa shape index (κ1) is 8.52. The van der Waals surface area contributed by atoms with Gasteiger partial charge < -0.3 is 10.8 Å². The standard InChI is InChI=1S/C10H19NO/c11-10(5-6-12)7-8-1-3-9(10)4-2-8/h8-9,12H,1-7,11H2. The molecule has 1 unspecified atom stereocenters. The van der Waals surface area contributed by atoms with Gasteiger partial charge in [0.25, 0.3) is 0 Å². The smallest absolute Gasteiger partial charge is 0.0448 e. The third kappa shape index (κ3) is 1.27. The first-order valence-corrected chi connectivity index (χ1v) is 5.14. The molecule has 0 aromatic carbocycles. The average Bonchev–Trinajstić information content (AvgIpc) is 2.05. The molecule has 0 spiro atoms. The molecule has 2 bridgehead atoms. The van der Waals surface area contributed by atoms with Gasteiger partial charge in [-0.05, 0) is 37.5 Å². The lowest BCUT2D eigenvalue weighted by atomic mass is 9.60. The topological polar surface area (TPSA) is 46.2 Å². The Morgan fingerprint density at radius 2 is 1.92 bits per heavy atom. The van der Waals surface area contributed by atoms with Crippen LogP contribution >= 0.6 is 0 Å². The lowest BCUT2D eigenvalue weighted by Gasteiger charge is -2.49. The summed E-state index contributed by atoms with van der Waals surface area (Å²) in [5, 5.41) is 8.93. The molecule has 3 N–H and O–H groups in total. The lowest BCUT2D eigenvalue weighted by molar-refractivity contribution is 0.0508. The van der Waals surface area contributed by atoms with Crippen molar-refractivity contribution in [1.82, 2.24) is 0 Å². The van der Waals surface area contributed by atoms with Crippen LogP contribution in [-0.4, -0.2) is 17.3 Å². The Morgan fingerprint density at radius 1 is 1.25 bits per heavy atom. The molecular formula is C10H19NO. The molecule has 3 aliphatic rings. The van der Waals surface area contributed by atoms with Gasteiger partial charge in [0.1, 0.15) is 0 Å². The molecule has 0 aromatic rings. The summed E-state index contributed by atoms with van der Waals surface area (Å²) in [7, 11) is 0. The molecule has 70 valence electrons. The van der Waals surface area contributed by atoms with E-state index in [1.165, 1.54) is 25.7 Å². The van der Waals surface area contributed by atoms with Crippen LogP contribution in [0.5, 0.6) is 0 Å². The van der Waals surface area contributed by atoms with E-state index in [0.717, 1.165) is 18.8 Å². The van der Waals surface area contributed by atoms with Crippen LogP contribution in [0.25, 0.3) is 0 Å². The molecular weight excluding hydrogens is 150 g/mol. The van der Waals surface area contributed by atoms with Gasteiger partial charge in [-0.3, -0.25) is 0 Å². The zero-order valence-electron chi connectivity index (χ0n) is 7.63. The summed E-state index contributed by atoms with van der Waals surface area (Å²) < 4.78 is 0. The van der Waals surface area contributed by atoms with E-state index < -0.39 is 0 Å². The van der Waals surface area contributed by atoms with E-state index >= 15 is 0 Å². The second-order valence-corrected chi connectivity index (χ2v) is 4.63. The summed E-state index contributed by atoms with van der Waals surface area (Å²) in [5.41, 5.74) is 6.29. The number of rotatable bonds is 2. The summed E-state index contributed by atoms with van der Waals surface area (Å²) in [4.78, 5) is 0. The summed E-state index contributed by atoms with van der Waals surface area (Å²) in [6.07, 6.45) is 7.36. The Balaban J connectivity index is 2.06. The van der Waals surface area contributed by atoms with E-state index in [2.05, 4.69) is 0 Å². The van der Waals surface area contributed by atoms with Crippen LogP contribution in [0.1, 0.15) is 38.5 Å². The van der Waals surface area contributed by atoms with Gasteiger partial charge in [-0.25, -0.2) is 0 Å². The van der Waals surface area contributed by atoms with Gasteiger partial charge in [-0.15, -0.1) is 0 Å². The van der Waals surface area contributed by atoms with Crippen molar-refractivity contribution in [2.24, 2.45) is 17.6 Å². The third-order valence-corrected chi connectivity index (χ3v) is 3.91.